The second kappa shape index (κ2) is 8.95. The fourth-order valence-corrected chi connectivity index (χ4v) is 1.69. The summed E-state index contributed by atoms with van der Waals surface area (Å²) in [5, 5.41) is 21.1. The minimum atomic E-state index is -0.723. The predicted molar refractivity (Wildman–Crippen MR) is 76.8 cm³/mol. The molecular weight excluding hydrogens is 272 g/mol. The molecule has 21 heavy (non-hydrogen) atoms. The van der Waals surface area contributed by atoms with Gasteiger partial charge in [-0.05, 0) is 25.5 Å². The van der Waals surface area contributed by atoms with Gasteiger partial charge in [0.15, 0.2) is 6.10 Å². The Balaban J connectivity index is 2.43. The van der Waals surface area contributed by atoms with Gasteiger partial charge >= 0.3 is 0 Å². The van der Waals surface area contributed by atoms with Crippen molar-refractivity contribution < 1.29 is 19.4 Å². The van der Waals surface area contributed by atoms with Crippen LogP contribution in [0, 0.1) is 11.3 Å². The van der Waals surface area contributed by atoms with Crippen molar-refractivity contribution in [2.24, 2.45) is 0 Å². The lowest BCUT2D eigenvalue weighted by Crippen LogP contribution is -2.38. The van der Waals surface area contributed by atoms with Crippen molar-refractivity contribution in [1.82, 2.24) is 5.32 Å². The van der Waals surface area contributed by atoms with Gasteiger partial charge in [0.05, 0.1) is 18.3 Å². The first-order valence-corrected chi connectivity index (χ1v) is 6.69. The molecule has 2 unspecified atom stereocenters. The number of aliphatic hydroxyl groups is 1. The lowest BCUT2D eigenvalue weighted by molar-refractivity contribution is -0.127. The summed E-state index contributed by atoms with van der Waals surface area (Å²) in [4.78, 5) is 11.9. The van der Waals surface area contributed by atoms with Gasteiger partial charge in [-0.25, -0.2) is 0 Å². The number of carbonyl (C=O) groups is 1. The Bertz CT molecular complexity index is 499. The predicted octanol–water partition coefficient (Wildman–Crippen LogP) is 0.839. The highest BCUT2D eigenvalue weighted by Gasteiger charge is 2.16. The van der Waals surface area contributed by atoms with Crippen LogP contribution in [0.25, 0.3) is 0 Å². The standard InChI is InChI=1S/C15H20N2O4/c1-11(15(19)17-8-7-13(18)10-20-2)21-14-6-4-3-5-12(14)9-16/h3-6,11,13,18H,7-8,10H2,1-2H3,(H,17,19). The molecular formula is C15H20N2O4. The average Bonchev–Trinajstić information content (AvgIpc) is 2.47. The maximum absolute atomic E-state index is 11.9. The molecule has 0 spiro atoms. The van der Waals surface area contributed by atoms with Crippen molar-refractivity contribution >= 4 is 5.91 Å². The highest BCUT2D eigenvalue weighted by molar-refractivity contribution is 5.80. The van der Waals surface area contributed by atoms with Crippen LogP contribution in [0.2, 0.25) is 0 Å². The quantitative estimate of drug-likeness (QED) is 0.741. The van der Waals surface area contributed by atoms with Crippen molar-refractivity contribution in [3.63, 3.8) is 0 Å². The van der Waals surface area contributed by atoms with Crippen LogP contribution in [-0.2, 0) is 9.53 Å². The molecule has 0 aliphatic rings. The van der Waals surface area contributed by atoms with Crippen molar-refractivity contribution in [3.8, 4) is 11.8 Å². The van der Waals surface area contributed by atoms with Crippen molar-refractivity contribution in [2.45, 2.75) is 25.6 Å². The van der Waals surface area contributed by atoms with Crippen LogP contribution >= 0.6 is 0 Å². The zero-order chi connectivity index (χ0) is 15.7. The van der Waals surface area contributed by atoms with Crippen molar-refractivity contribution in [3.05, 3.63) is 29.8 Å². The van der Waals surface area contributed by atoms with Gasteiger partial charge in [0.25, 0.3) is 5.91 Å². The molecule has 0 saturated carbocycles. The molecule has 0 heterocycles. The number of rotatable bonds is 8. The van der Waals surface area contributed by atoms with Crippen LogP contribution in [0.1, 0.15) is 18.9 Å². The maximum Gasteiger partial charge on any atom is 0.260 e. The number of nitrogens with zero attached hydrogens (tertiary/aromatic N) is 1. The highest BCUT2D eigenvalue weighted by Crippen LogP contribution is 2.18. The lowest BCUT2D eigenvalue weighted by atomic mass is 10.2. The molecule has 0 aromatic heterocycles. The van der Waals surface area contributed by atoms with Crippen molar-refractivity contribution in [2.75, 3.05) is 20.3 Å². The molecule has 1 aromatic rings. The van der Waals surface area contributed by atoms with Crippen LogP contribution < -0.4 is 10.1 Å². The van der Waals surface area contributed by atoms with Gasteiger partial charge in [0, 0.05) is 13.7 Å². The summed E-state index contributed by atoms with van der Waals surface area (Å²) in [6, 6.07) is 8.75. The van der Waals surface area contributed by atoms with Gasteiger partial charge in [-0.1, -0.05) is 12.1 Å². The van der Waals surface area contributed by atoms with Crippen LogP contribution in [0.3, 0.4) is 0 Å². The molecule has 1 rings (SSSR count). The summed E-state index contributed by atoms with van der Waals surface area (Å²) in [6.07, 6.45) is -0.925. The molecule has 2 atom stereocenters. The highest BCUT2D eigenvalue weighted by atomic mass is 16.5. The Morgan fingerprint density at radius 3 is 2.86 bits per heavy atom. The average molecular weight is 292 g/mol. The van der Waals surface area contributed by atoms with E-state index in [1.165, 1.54) is 7.11 Å². The minimum absolute atomic E-state index is 0.234. The molecule has 0 saturated heterocycles. The largest absolute Gasteiger partial charge is 0.480 e. The summed E-state index contributed by atoms with van der Waals surface area (Å²) >= 11 is 0. The third-order valence-electron chi connectivity index (χ3n) is 2.82. The van der Waals surface area contributed by atoms with Gasteiger partial charge in [0.1, 0.15) is 11.8 Å². The summed E-state index contributed by atoms with van der Waals surface area (Å²) in [7, 11) is 1.50. The number of methoxy groups -OCH3 is 1. The monoisotopic (exact) mass is 292 g/mol. The molecule has 0 aliphatic carbocycles. The molecule has 1 aromatic carbocycles. The van der Waals surface area contributed by atoms with Crippen molar-refractivity contribution in [1.29, 1.82) is 5.26 Å². The third kappa shape index (κ3) is 5.81. The number of nitriles is 1. The van der Waals surface area contributed by atoms with E-state index in [-0.39, 0.29) is 12.5 Å². The fraction of sp³-hybridized carbons (Fsp3) is 0.467. The first-order valence-electron chi connectivity index (χ1n) is 6.69. The second-order valence-corrected chi connectivity index (χ2v) is 4.56. The number of nitrogens with one attached hydrogen (secondary N) is 1. The van der Waals surface area contributed by atoms with E-state index < -0.39 is 12.2 Å². The number of amides is 1. The first kappa shape index (κ1) is 17.0. The van der Waals surface area contributed by atoms with E-state index in [2.05, 4.69) is 5.32 Å². The smallest absolute Gasteiger partial charge is 0.260 e. The van der Waals surface area contributed by atoms with E-state index in [0.717, 1.165) is 0 Å². The summed E-state index contributed by atoms with van der Waals surface area (Å²) in [5.74, 6) is 0.0782. The number of hydrogen-bond acceptors (Lipinski definition) is 5. The van der Waals surface area contributed by atoms with Crippen LogP contribution in [0.15, 0.2) is 24.3 Å². The van der Waals surface area contributed by atoms with Gasteiger partial charge in [0.2, 0.25) is 0 Å². The number of benzene rings is 1. The van der Waals surface area contributed by atoms with Gasteiger partial charge < -0.3 is 19.9 Å². The Labute approximate surface area is 124 Å². The number of aliphatic hydroxyl groups excluding tert-OH is 1. The zero-order valence-corrected chi connectivity index (χ0v) is 12.2. The molecule has 1 amide bonds. The zero-order valence-electron chi connectivity index (χ0n) is 12.2. The molecule has 0 aliphatic heterocycles. The number of para-hydroxylation sites is 1. The van der Waals surface area contributed by atoms with E-state index >= 15 is 0 Å². The number of ether oxygens (including phenoxy) is 2. The molecule has 0 fully saturated rings. The SMILES string of the molecule is COCC(O)CCNC(=O)C(C)Oc1ccccc1C#N. The van der Waals surface area contributed by atoms with E-state index in [9.17, 15) is 9.90 Å². The Kier molecular flexibility index (Phi) is 7.23. The van der Waals surface area contributed by atoms with Gasteiger partial charge in [-0.3, -0.25) is 4.79 Å². The number of hydrogen-bond donors (Lipinski definition) is 2. The molecule has 2 N–H and O–H groups in total. The minimum Gasteiger partial charge on any atom is -0.480 e. The lowest BCUT2D eigenvalue weighted by Gasteiger charge is -2.16. The van der Waals surface area contributed by atoms with E-state index in [1.807, 2.05) is 6.07 Å². The van der Waals surface area contributed by atoms with Crippen LogP contribution in [0.5, 0.6) is 5.75 Å². The third-order valence-corrected chi connectivity index (χ3v) is 2.82. The molecule has 114 valence electrons. The maximum atomic E-state index is 11.9. The number of carbonyl (C=O) groups excluding carboxylic acids is 1. The van der Waals surface area contributed by atoms with Crippen LogP contribution in [-0.4, -0.2) is 43.5 Å². The topological polar surface area (TPSA) is 91.6 Å². The van der Waals surface area contributed by atoms with Gasteiger partial charge in [-0.2, -0.15) is 5.26 Å². The first-order chi connectivity index (χ1) is 10.1. The van der Waals surface area contributed by atoms with Crippen LogP contribution in [0.4, 0.5) is 0 Å². The Morgan fingerprint density at radius 2 is 2.19 bits per heavy atom. The molecule has 6 heteroatoms. The summed E-state index contributed by atoms with van der Waals surface area (Å²) in [6.45, 7) is 2.17. The Hall–Kier alpha value is -2.10. The molecule has 0 radical (unpaired) electrons. The van der Waals surface area contributed by atoms with E-state index in [4.69, 9.17) is 14.7 Å². The normalized spacial score (nSPS) is 13.0. The summed E-state index contributed by atoms with van der Waals surface area (Å²) in [5.41, 5.74) is 0.382. The fourth-order valence-electron chi connectivity index (χ4n) is 1.69. The Morgan fingerprint density at radius 1 is 1.48 bits per heavy atom. The molecule has 6 nitrogen and oxygen atoms in total. The second-order valence-electron chi connectivity index (χ2n) is 4.56. The molecule has 0 bridgehead atoms. The van der Waals surface area contributed by atoms with E-state index in [1.54, 1.807) is 31.2 Å². The summed E-state index contributed by atoms with van der Waals surface area (Å²) < 4.78 is 10.3. The van der Waals surface area contributed by atoms with Gasteiger partial charge in [-0.15, -0.1) is 0 Å². The van der Waals surface area contributed by atoms with E-state index in [0.29, 0.717) is 24.3 Å².